The van der Waals surface area contributed by atoms with E-state index in [1.165, 1.54) is 30.5 Å². The second-order valence-corrected chi connectivity index (χ2v) is 8.56. The predicted molar refractivity (Wildman–Crippen MR) is 111 cm³/mol. The number of carbonyl (C=O) groups excluding carboxylic acids is 1. The highest BCUT2D eigenvalue weighted by atomic mass is 16.6. The van der Waals surface area contributed by atoms with Crippen molar-refractivity contribution in [3.05, 3.63) is 28.8 Å². The van der Waals surface area contributed by atoms with Crippen LogP contribution in [0.1, 0.15) is 63.6 Å². The van der Waals surface area contributed by atoms with Gasteiger partial charge in [-0.3, -0.25) is 0 Å². The number of rotatable bonds is 6. The first-order valence-corrected chi connectivity index (χ1v) is 10.2. The van der Waals surface area contributed by atoms with Gasteiger partial charge in [0.1, 0.15) is 11.6 Å². The third kappa shape index (κ3) is 6.14. The number of hydrogen-bond donors (Lipinski definition) is 2. The lowest BCUT2D eigenvalue weighted by atomic mass is 9.95. The molecule has 6 nitrogen and oxygen atoms in total. The summed E-state index contributed by atoms with van der Waals surface area (Å²) in [6, 6.07) is 3.11. The molecule has 6 heteroatoms. The number of carboxylic acid groups (broad SMARTS) is 1. The Morgan fingerprint density at radius 3 is 2.39 bits per heavy atom. The molecule has 0 aliphatic carbocycles. The molecule has 0 spiro atoms. The molecule has 1 aromatic carbocycles. The Balaban J connectivity index is 2.19. The minimum Gasteiger partial charge on any atom is -0.480 e. The fourth-order valence-corrected chi connectivity index (χ4v) is 3.78. The number of alkyl carbamates (subject to hydrolysis) is 1. The fraction of sp³-hybridized carbons (Fsp3) is 0.636. The van der Waals surface area contributed by atoms with Crippen molar-refractivity contribution in [2.24, 2.45) is 0 Å². The van der Waals surface area contributed by atoms with Crippen LogP contribution in [0.3, 0.4) is 0 Å². The summed E-state index contributed by atoms with van der Waals surface area (Å²) < 4.78 is 5.20. The molecule has 1 saturated heterocycles. The average molecular weight is 391 g/mol. The topological polar surface area (TPSA) is 78.9 Å². The SMILES string of the molecule is CCc1cc(CC(NC(=O)OC(C)(C)C)C(=O)O)cc(C)c1N1CCCCC1. The van der Waals surface area contributed by atoms with Crippen molar-refractivity contribution < 1.29 is 19.4 Å². The molecule has 1 aliphatic heterocycles. The molecule has 1 aliphatic rings. The number of nitrogens with one attached hydrogen (secondary N) is 1. The molecule has 156 valence electrons. The summed E-state index contributed by atoms with van der Waals surface area (Å²) in [5, 5.41) is 12.0. The minimum atomic E-state index is -1.07. The van der Waals surface area contributed by atoms with E-state index in [9.17, 15) is 14.7 Å². The zero-order chi connectivity index (χ0) is 20.9. The zero-order valence-electron chi connectivity index (χ0n) is 17.8. The van der Waals surface area contributed by atoms with Crippen LogP contribution in [0.15, 0.2) is 12.1 Å². The van der Waals surface area contributed by atoms with Gasteiger partial charge in [-0.05, 0) is 70.1 Å². The Labute approximate surface area is 168 Å². The number of anilines is 1. The average Bonchev–Trinajstić information content (AvgIpc) is 2.59. The van der Waals surface area contributed by atoms with Gasteiger partial charge >= 0.3 is 12.1 Å². The van der Waals surface area contributed by atoms with Crippen molar-refractivity contribution in [3.8, 4) is 0 Å². The number of nitrogens with zero attached hydrogens (tertiary/aromatic N) is 1. The van der Waals surface area contributed by atoms with E-state index in [1.54, 1.807) is 20.8 Å². The Morgan fingerprint density at radius 1 is 1.21 bits per heavy atom. The van der Waals surface area contributed by atoms with Gasteiger partial charge in [0.2, 0.25) is 0 Å². The summed E-state index contributed by atoms with van der Waals surface area (Å²) in [5.74, 6) is -1.07. The Hall–Kier alpha value is -2.24. The molecule has 0 saturated carbocycles. The Kier molecular flexibility index (Phi) is 7.33. The molecule has 0 bridgehead atoms. The van der Waals surface area contributed by atoms with Gasteiger partial charge in [0.05, 0.1) is 0 Å². The van der Waals surface area contributed by atoms with Crippen LogP contribution in [0.5, 0.6) is 0 Å². The molecule has 1 amide bonds. The number of ether oxygens (including phenoxy) is 1. The van der Waals surface area contributed by atoms with Gasteiger partial charge < -0.3 is 20.1 Å². The van der Waals surface area contributed by atoms with Crippen LogP contribution in [0.25, 0.3) is 0 Å². The van der Waals surface area contributed by atoms with Crippen LogP contribution >= 0.6 is 0 Å². The van der Waals surface area contributed by atoms with Crippen molar-refractivity contribution in [3.63, 3.8) is 0 Å². The van der Waals surface area contributed by atoms with Crippen LogP contribution in [0.4, 0.5) is 10.5 Å². The summed E-state index contributed by atoms with van der Waals surface area (Å²) in [4.78, 5) is 26.1. The number of aliphatic carboxylic acids is 1. The number of carbonyl (C=O) groups is 2. The van der Waals surface area contributed by atoms with Gasteiger partial charge in [-0.1, -0.05) is 19.1 Å². The lowest BCUT2D eigenvalue weighted by Gasteiger charge is -2.32. The third-order valence-corrected chi connectivity index (χ3v) is 4.92. The van der Waals surface area contributed by atoms with Gasteiger partial charge in [0.25, 0.3) is 0 Å². The van der Waals surface area contributed by atoms with E-state index in [0.29, 0.717) is 0 Å². The summed E-state index contributed by atoms with van der Waals surface area (Å²) in [5.41, 5.74) is 3.93. The maximum absolute atomic E-state index is 12.0. The van der Waals surface area contributed by atoms with E-state index < -0.39 is 23.7 Å². The number of benzene rings is 1. The summed E-state index contributed by atoms with van der Waals surface area (Å²) in [6.07, 6.45) is 4.11. The van der Waals surface area contributed by atoms with Crippen LogP contribution in [0, 0.1) is 6.92 Å². The molecule has 1 unspecified atom stereocenters. The van der Waals surface area contributed by atoms with Gasteiger partial charge in [-0.2, -0.15) is 0 Å². The first kappa shape index (κ1) is 22.1. The first-order chi connectivity index (χ1) is 13.1. The Morgan fingerprint density at radius 2 is 1.86 bits per heavy atom. The number of aryl methyl sites for hydroxylation is 2. The van der Waals surface area contributed by atoms with Gasteiger partial charge in [-0.15, -0.1) is 0 Å². The maximum atomic E-state index is 12.0. The molecular formula is C22H34N2O4. The van der Waals surface area contributed by atoms with Crippen LogP contribution in [-0.2, 0) is 22.4 Å². The second kappa shape index (κ2) is 9.30. The smallest absolute Gasteiger partial charge is 0.408 e. The number of hydrogen-bond acceptors (Lipinski definition) is 4. The van der Waals surface area contributed by atoms with Gasteiger partial charge in [0, 0.05) is 25.2 Å². The molecule has 1 fully saturated rings. The molecule has 0 aromatic heterocycles. The fourth-order valence-electron chi connectivity index (χ4n) is 3.78. The molecule has 1 heterocycles. The van der Waals surface area contributed by atoms with E-state index in [2.05, 4.69) is 36.2 Å². The van der Waals surface area contributed by atoms with Gasteiger partial charge in [0.15, 0.2) is 0 Å². The van der Waals surface area contributed by atoms with E-state index >= 15 is 0 Å². The molecule has 1 aromatic rings. The lowest BCUT2D eigenvalue weighted by Crippen LogP contribution is -2.44. The second-order valence-electron chi connectivity index (χ2n) is 8.56. The standard InChI is InChI=1S/C22H34N2O4/c1-6-17-13-16(12-15(2)19(17)24-10-8-7-9-11-24)14-18(20(25)26)23-21(27)28-22(3,4)5/h12-13,18H,6-11,14H2,1-5H3,(H,23,27)(H,25,26). The van der Waals surface area contributed by atoms with Crippen molar-refractivity contribution in [2.75, 3.05) is 18.0 Å². The highest BCUT2D eigenvalue weighted by molar-refractivity contribution is 5.80. The molecule has 1 atom stereocenters. The van der Waals surface area contributed by atoms with Crippen LogP contribution in [-0.4, -0.2) is 41.9 Å². The first-order valence-electron chi connectivity index (χ1n) is 10.2. The summed E-state index contributed by atoms with van der Waals surface area (Å²) in [7, 11) is 0. The van der Waals surface area contributed by atoms with Crippen molar-refractivity contribution in [2.45, 2.75) is 78.4 Å². The third-order valence-electron chi connectivity index (χ3n) is 4.92. The van der Waals surface area contributed by atoms with Gasteiger partial charge in [-0.25, -0.2) is 9.59 Å². The summed E-state index contributed by atoms with van der Waals surface area (Å²) in [6.45, 7) is 11.6. The number of amides is 1. The summed E-state index contributed by atoms with van der Waals surface area (Å²) >= 11 is 0. The van der Waals surface area contributed by atoms with Crippen molar-refractivity contribution >= 4 is 17.7 Å². The minimum absolute atomic E-state index is 0.225. The van der Waals surface area contributed by atoms with E-state index in [-0.39, 0.29) is 6.42 Å². The largest absolute Gasteiger partial charge is 0.480 e. The molecule has 2 rings (SSSR count). The molecular weight excluding hydrogens is 356 g/mol. The lowest BCUT2D eigenvalue weighted by molar-refractivity contribution is -0.139. The predicted octanol–water partition coefficient (Wildman–Crippen LogP) is 4.07. The molecule has 28 heavy (non-hydrogen) atoms. The van der Waals surface area contributed by atoms with E-state index in [4.69, 9.17) is 4.74 Å². The van der Waals surface area contributed by atoms with Crippen molar-refractivity contribution in [1.82, 2.24) is 5.32 Å². The quantitative estimate of drug-likeness (QED) is 0.765. The number of carboxylic acids is 1. The highest BCUT2D eigenvalue weighted by Gasteiger charge is 2.25. The van der Waals surface area contributed by atoms with E-state index in [0.717, 1.165) is 30.6 Å². The van der Waals surface area contributed by atoms with Crippen molar-refractivity contribution in [1.29, 1.82) is 0 Å². The zero-order valence-corrected chi connectivity index (χ0v) is 17.8. The number of piperidine rings is 1. The monoisotopic (exact) mass is 390 g/mol. The van der Waals surface area contributed by atoms with Crippen LogP contribution in [0.2, 0.25) is 0 Å². The highest BCUT2D eigenvalue weighted by Crippen LogP contribution is 2.30. The molecule has 2 N–H and O–H groups in total. The Bertz CT molecular complexity index is 703. The van der Waals surface area contributed by atoms with E-state index in [1.807, 2.05) is 0 Å². The maximum Gasteiger partial charge on any atom is 0.408 e. The normalized spacial score (nSPS) is 15.8. The molecule has 0 radical (unpaired) electrons. The van der Waals surface area contributed by atoms with Crippen LogP contribution < -0.4 is 10.2 Å².